The average molecular weight is 350 g/mol. The summed E-state index contributed by atoms with van der Waals surface area (Å²) in [6.45, 7) is 1.51. The van der Waals surface area contributed by atoms with Crippen LogP contribution in [0.25, 0.3) is 11.2 Å². The number of pyridine rings is 1. The van der Waals surface area contributed by atoms with Gasteiger partial charge >= 0.3 is 0 Å². The highest BCUT2D eigenvalue weighted by molar-refractivity contribution is 6.04. The van der Waals surface area contributed by atoms with E-state index in [1.807, 2.05) is 30.1 Å². The van der Waals surface area contributed by atoms with E-state index in [9.17, 15) is 4.79 Å². The number of carbonyl (C=O) groups is 1. The Morgan fingerprint density at radius 3 is 2.88 bits per heavy atom. The second-order valence-electron chi connectivity index (χ2n) is 6.84. The molecule has 6 nitrogen and oxygen atoms in total. The molecule has 4 rings (SSSR count). The van der Waals surface area contributed by atoms with Gasteiger partial charge in [-0.2, -0.15) is 4.98 Å². The van der Waals surface area contributed by atoms with Crippen LogP contribution in [0.3, 0.4) is 0 Å². The van der Waals surface area contributed by atoms with E-state index in [1.54, 1.807) is 6.07 Å². The van der Waals surface area contributed by atoms with Crippen molar-refractivity contribution in [3.05, 3.63) is 53.9 Å². The number of nitrogens with zero attached hydrogens (tertiary/aromatic N) is 3. The lowest BCUT2D eigenvalue weighted by Crippen LogP contribution is -2.27. The molecule has 134 valence electrons. The van der Waals surface area contributed by atoms with Crippen LogP contribution < -0.4 is 10.2 Å². The molecule has 1 aromatic carbocycles. The lowest BCUT2D eigenvalue weighted by atomic mass is 10.1. The fraction of sp³-hybridized carbons (Fsp3) is 0.350. The van der Waals surface area contributed by atoms with Crippen LogP contribution in [0.1, 0.15) is 28.8 Å². The van der Waals surface area contributed by atoms with Crippen LogP contribution in [0, 0.1) is 5.92 Å². The van der Waals surface area contributed by atoms with Crippen LogP contribution in [-0.4, -0.2) is 36.0 Å². The molecule has 0 aliphatic heterocycles. The fourth-order valence-electron chi connectivity index (χ4n) is 2.91. The zero-order valence-corrected chi connectivity index (χ0v) is 14.8. The smallest absolute Gasteiger partial charge is 0.255 e. The van der Waals surface area contributed by atoms with Crippen molar-refractivity contribution in [1.29, 1.82) is 0 Å². The minimum atomic E-state index is -0.126. The van der Waals surface area contributed by atoms with E-state index in [0.29, 0.717) is 22.7 Å². The largest absolute Gasteiger partial charge is 0.441 e. The molecule has 2 aromatic heterocycles. The maximum atomic E-state index is 12.6. The molecule has 0 spiro atoms. The van der Waals surface area contributed by atoms with Crippen molar-refractivity contribution in [1.82, 2.24) is 15.3 Å². The predicted octanol–water partition coefficient (Wildman–Crippen LogP) is 3.04. The van der Waals surface area contributed by atoms with Crippen LogP contribution in [0.2, 0.25) is 0 Å². The first-order valence-corrected chi connectivity index (χ1v) is 8.98. The summed E-state index contributed by atoms with van der Waals surface area (Å²) >= 11 is 0. The number of benzene rings is 1. The summed E-state index contributed by atoms with van der Waals surface area (Å²) in [7, 11) is 1.98. The van der Waals surface area contributed by atoms with E-state index in [0.717, 1.165) is 25.3 Å². The lowest BCUT2D eigenvalue weighted by molar-refractivity contribution is 0.0952. The maximum Gasteiger partial charge on any atom is 0.255 e. The Labute approximate surface area is 152 Å². The van der Waals surface area contributed by atoms with Gasteiger partial charge in [0.05, 0.1) is 5.56 Å². The Balaban J connectivity index is 1.53. The monoisotopic (exact) mass is 350 g/mol. The third kappa shape index (κ3) is 3.69. The van der Waals surface area contributed by atoms with Crippen LogP contribution in [0.15, 0.2) is 47.2 Å². The van der Waals surface area contributed by atoms with E-state index in [-0.39, 0.29) is 5.91 Å². The van der Waals surface area contributed by atoms with Crippen LogP contribution in [0.4, 0.5) is 5.82 Å². The van der Waals surface area contributed by atoms with Crippen LogP contribution >= 0.6 is 0 Å². The molecular weight excluding hydrogens is 328 g/mol. The third-order valence-corrected chi connectivity index (χ3v) is 4.75. The molecule has 1 amide bonds. The number of fused-ring (bicyclic) bond motifs is 1. The molecule has 0 unspecified atom stereocenters. The Bertz CT molecular complexity index is 903. The van der Waals surface area contributed by atoms with Gasteiger partial charge in [-0.05, 0) is 36.8 Å². The van der Waals surface area contributed by atoms with Crippen LogP contribution in [0.5, 0.6) is 0 Å². The molecule has 1 fully saturated rings. The van der Waals surface area contributed by atoms with Gasteiger partial charge in [0.2, 0.25) is 5.65 Å². The van der Waals surface area contributed by atoms with E-state index < -0.39 is 0 Å². The molecular formula is C20H22N4O2. The molecule has 0 bridgehead atoms. The van der Waals surface area contributed by atoms with Gasteiger partial charge in [0.1, 0.15) is 5.82 Å². The Hall–Kier alpha value is -2.89. The zero-order valence-electron chi connectivity index (χ0n) is 14.8. The van der Waals surface area contributed by atoms with Crippen molar-refractivity contribution in [3.63, 3.8) is 0 Å². The van der Waals surface area contributed by atoms with Gasteiger partial charge in [0, 0.05) is 20.1 Å². The molecule has 6 heteroatoms. The minimum absolute atomic E-state index is 0.126. The normalized spacial score (nSPS) is 13.7. The average Bonchev–Trinajstić information content (AvgIpc) is 3.39. The van der Waals surface area contributed by atoms with Crippen molar-refractivity contribution in [2.24, 2.45) is 5.92 Å². The summed E-state index contributed by atoms with van der Waals surface area (Å²) in [5.74, 6) is 1.22. The summed E-state index contributed by atoms with van der Waals surface area (Å²) in [6, 6.07) is 12.1. The molecule has 0 radical (unpaired) electrons. The summed E-state index contributed by atoms with van der Waals surface area (Å²) in [5, 5.41) is 2.99. The van der Waals surface area contributed by atoms with Gasteiger partial charge in [0.25, 0.3) is 5.91 Å². The molecule has 1 N–H and O–H groups in total. The molecule has 3 aromatic rings. The van der Waals surface area contributed by atoms with Gasteiger partial charge in [-0.15, -0.1) is 0 Å². The van der Waals surface area contributed by atoms with Crippen molar-refractivity contribution in [3.8, 4) is 0 Å². The highest BCUT2D eigenvalue weighted by Crippen LogP contribution is 2.28. The van der Waals surface area contributed by atoms with Crippen molar-refractivity contribution in [2.75, 3.05) is 25.0 Å². The predicted molar refractivity (Wildman–Crippen MR) is 100 cm³/mol. The van der Waals surface area contributed by atoms with Gasteiger partial charge in [-0.1, -0.05) is 30.3 Å². The number of likely N-dealkylation sites (N-methyl/N-ethyl adjacent to an activating group) is 1. The number of hydrogen-bond acceptors (Lipinski definition) is 5. The van der Waals surface area contributed by atoms with Gasteiger partial charge in [-0.3, -0.25) is 4.79 Å². The number of nitrogens with one attached hydrogen (secondary N) is 1. The lowest BCUT2D eigenvalue weighted by Gasteiger charge is -2.19. The van der Waals surface area contributed by atoms with E-state index >= 15 is 0 Å². The SMILES string of the molecule is CN(CCc1ccccc1)c1cc(C(=O)NCC2CC2)c2ocnc2n1. The summed E-state index contributed by atoms with van der Waals surface area (Å²) in [6.07, 6.45) is 4.63. The summed E-state index contributed by atoms with van der Waals surface area (Å²) in [5.41, 5.74) is 2.67. The zero-order chi connectivity index (χ0) is 17.9. The highest BCUT2D eigenvalue weighted by Gasteiger charge is 2.23. The molecule has 2 heterocycles. The Morgan fingerprint density at radius 2 is 2.12 bits per heavy atom. The molecule has 1 aliphatic carbocycles. The number of rotatable bonds is 7. The number of oxazole rings is 1. The topological polar surface area (TPSA) is 71.3 Å². The standard InChI is InChI=1S/C20H22N4O2/c1-24(10-9-14-5-3-2-4-6-14)17-11-16(18-19(23-17)22-13-26-18)20(25)21-12-15-7-8-15/h2-6,11,13,15H,7-10,12H2,1H3,(H,21,25). The van der Waals surface area contributed by atoms with Crippen molar-refractivity contribution >= 4 is 23.0 Å². The highest BCUT2D eigenvalue weighted by atomic mass is 16.3. The maximum absolute atomic E-state index is 12.6. The molecule has 1 saturated carbocycles. The number of aromatic nitrogens is 2. The van der Waals surface area contributed by atoms with Gasteiger partial charge < -0.3 is 14.6 Å². The second kappa shape index (κ2) is 7.15. The number of amides is 1. The fourth-order valence-corrected chi connectivity index (χ4v) is 2.91. The molecule has 0 saturated heterocycles. The first-order valence-electron chi connectivity index (χ1n) is 8.98. The summed E-state index contributed by atoms with van der Waals surface area (Å²) < 4.78 is 5.40. The molecule has 26 heavy (non-hydrogen) atoms. The van der Waals surface area contributed by atoms with Crippen LogP contribution in [-0.2, 0) is 6.42 Å². The first kappa shape index (κ1) is 16.6. The Morgan fingerprint density at radius 1 is 1.31 bits per heavy atom. The first-order chi connectivity index (χ1) is 12.7. The molecule has 1 aliphatic rings. The quantitative estimate of drug-likeness (QED) is 0.709. The van der Waals surface area contributed by atoms with E-state index in [2.05, 4.69) is 27.4 Å². The van der Waals surface area contributed by atoms with Crippen molar-refractivity contribution < 1.29 is 9.21 Å². The van der Waals surface area contributed by atoms with Gasteiger partial charge in [-0.25, -0.2) is 4.98 Å². The van der Waals surface area contributed by atoms with Crippen molar-refractivity contribution in [2.45, 2.75) is 19.3 Å². The minimum Gasteiger partial charge on any atom is -0.441 e. The number of hydrogen-bond donors (Lipinski definition) is 1. The van der Waals surface area contributed by atoms with E-state index in [4.69, 9.17) is 4.42 Å². The number of anilines is 1. The Kier molecular flexibility index (Phi) is 4.56. The summed E-state index contributed by atoms with van der Waals surface area (Å²) in [4.78, 5) is 23.3. The van der Waals surface area contributed by atoms with Gasteiger partial charge in [0.15, 0.2) is 12.0 Å². The molecule has 0 atom stereocenters. The third-order valence-electron chi connectivity index (χ3n) is 4.75. The number of carbonyl (C=O) groups excluding carboxylic acids is 1. The second-order valence-corrected chi connectivity index (χ2v) is 6.84. The van der Waals surface area contributed by atoms with E-state index in [1.165, 1.54) is 24.8 Å².